The van der Waals surface area contributed by atoms with Crippen molar-refractivity contribution in [3.8, 4) is 0 Å². The molecule has 1 aliphatic heterocycles. The van der Waals surface area contributed by atoms with Gasteiger partial charge in [-0.15, -0.1) is 0 Å². The van der Waals surface area contributed by atoms with E-state index in [-0.39, 0.29) is 0 Å². The number of nitrogens with zero attached hydrogens (tertiary/aromatic N) is 1. The molecule has 0 aromatic carbocycles. The molecule has 0 spiro atoms. The summed E-state index contributed by atoms with van der Waals surface area (Å²) in [5.74, 6) is 0.705. The average molecular weight is 139 g/mol. The predicted octanol–water partition coefficient (Wildman–Crippen LogP) is 0.750. The number of hydrogen-bond donors (Lipinski definition) is 2. The summed E-state index contributed by atoms with van der Waals surface area (Å²) in [6, 6.07) is 0. The van der Waals surface area contributed by atoms with Crippen LogP contribution in [-0.2, 0) is 0 Å². The number of rotatable bonds is 1. The number of hydrogen-bond acceptors (Lipinski definition) is 2. The summed E-state index contributed by atoms with van der Waals surface area (Å²) in [4.78, 5) is 1.91. The molecule has 0 radical (unpaired) electrons. The number of nitrogens with one attached hydrogen (secondary N) is 2. The Balaban J connectivity index is 2.48. The van der Waals surface area contributed by atoms with Crippen molar-refractivity contribution in [1.82, 2.24) is 10.2 Å². The van der Waals surface area contributed by atoms with Gasteiger partial charge in [0.25, 0.3) is 0 Å². The van der Waals surface area contributed by atoms with Crippen LogP contribution in [0.4, 0.5) is 0 Å². The Morgan fingerprint density at radius 3 is 3.10 bits per heavy atom. The van der Waals surface area contributed by atoms with Gasteiger partial charge >= 0.3 is 0 Å². The van der Waals surface area contributed by atoms with Crippen molar-refractivity contribution >= 4 is 5.84 Å². The van der Waals surface area contributed by atoms with Gasteiger partial charge in [-0.1, -0.05) is 6.08 Å². The third-order valence-electron chi connectivity index (χ3n) is 1.50. The van der Waals surface area contributed by atoms with Crippen LogP contribution in [0.2, 0.25) is 0 Å². The van der Waals surface area contributed by atoms with Gasteiger partial charge in [-0.05, 0) is 6.92 Å². The van der Waals surface area contributed by atoms with Crippen molar-refractivity contribution in [1.29, 1.82) is 5.41 Å². The highest BCUT2D eigenvalue weighted by molar-refractivity contribution is 5.80. The molecule has 1 aliphatic rings. The smallest absolute Gasteiger partial charge is 0.102 e. The monoisotopic (exact) mass is 139 g/mol. The lowest BCUT2D eigenvalue weighted by Gasteiger charge is -2.26. The normalized spacial score (nSPS) is 20.5. The lowest BCUT2D eigenvalue weighted by molar-refractivity contribution is 0.437. The molecule has 0 amide bonds. The summed E-state index contributed by atoms with van der Waals surface area (Å²) in [6.45, 7) is 3.68. The topological polar surface area (TPSA) is 39.1 Å². The van der Waals surface area contributed by atoms with Crippen molar-refractivity contribution < 1.29 is 0 Å². The number of amidine groups is 1. The highest BCUT2D eigenvalue weighted by Crippen LogP contribution is 1.98. The maximum atomic E-state index is 7.48. The Morgan fingerprint density at radius 2 is 2.50 bits per heavy atom. The van der Waals surface area contributed by atoms with Crippen LogP contribution < -0.4 is 5.32 Å². The molecule has 0 unspecified atom stereocenters. The van der Waals surface area contributed by atoms with Gasteiger partial charge in [0.15, 0.2) is 0 Å². The predicted molar refractivity (Wildman–Crippen MR) is 41.9 cm³/mol. The zero-order valence-corrected chi connectivity index (χ0v) is 6.22. The summed E-state index contributed by atoms with van der Waals surface area (Å²) in [6.07, 6.45) is 4.71. The van der Waals surface area contributed by atoms with Gasteiger partial charge in [0.05, 0.1) is 6.67 Å². The van der Waals surface area contributed by atoms with E-state index in [1.807, 2.05) is 24.1 Å². The van der Waals surface area contributed by atoms with Crippen LogP contribution >= 0.6 is 0 Å². The minimum atomic E-state index is 0.705. The molecule has 0 aromatic rings. The van der Waals surface area contributed by atoms with Crippen LogP contribution in [0.15, 0.2) is 12.3 Å². The summed E-state index contributed by atoms with van der Waals surface area (Å²) < 4.78 is 0. The van der Waals surface area contributed by atoms with E-state index in [2.05, 4.69) is 5.32 Å². The molecule has 10 heavy (non-hydrogen) atoms. The van der Waals surface area contributed by atoms with Crippen molar-refractivity contribution in [2.45, 2.75) is 13.3 Å². The Kier molecular flexibility index (Phi) is 2.45. The molecule has 0 saturated carbocycles. The van der Waals surface area contributed by atoms with Gasteiger partial charge in [0.2, 0.25) is 0 Å². The summed E-state index contributed by atoms with van der Waals surface area (Å²) >= 11 is 0. The Morgan fingerprint density at radius 1 is 1.70 bits per heavy atom. The molecule has 0 aliphatic carbocycles. The van der Waals surface area contributed by atoms with Crippen molar-refractivity contribution in [2.24, 2.45) is 0 Å². The molecule has 1 rings (SSSR count). The summed E-state index contributed by atoms with van der Waals surface area (Å²) in [5, 5.41) is 10.7. The lowest BCUT2D eigenvalue weighted by atomic mass is 10.3. The first-order valence-corrected chi connectivity index (χ1v) is 3.52. The molecule has 56 valence electrons. The minimum Gasteiger partial charge on any atom is -0.324 e. The van der Waals surface area contributed by atoms with Gasteiger partial charge in [0, 0.05) is 19.2 Å². The first kappa shape index (κ1) is 7.28. The van der Waals surface area contributed by atoms with Gasteiger partial charge in [-0.25, -0.2) is 0 Å². The van der Waals surface area contributed by atoms with E-state index in [9.17, 15) is 0 Å². The maximum absolute atomic E-state index is 7.48. The second-order valence-corrected chi connectivity index (χ2v) is 2.31. The second kappa shape index (κ2) is 3.37. The van der Waals surface area contributed by atoms with Crippen LogP contribution in [0, 0.1) is 5.41 Å². The van der Waals surface area contributed by atoms with E-state index in [4.69, 9.17) is 5.41 Å². The van der Waals surface area contributed by atoms with E-state index < -0.39 is 0 Å². The zero-order valence-electron chi connectivity index (χ0n) is 6.22. The highest BCUT2D eigenvalue weighted by Gasteiger charge is 2.09. The van der Waals surface area contributed by atoms with Crippen LogP contribution in [0.5, 0.6) is 0 Å². The molecule has 1 saturated heterocycles. The van der Waals surface area contributed by atoms with Crippen molar-refractivity contribution in [3.63, 3.8) is 0 Å². The van der Waals surface area contributed by atoms with E-state index in [0.29, 0.717) is 5.84 Å². The molecular weight excluding hydrogens is 126 g/mol. The first-order valence-electron chi connectivity index (χ1n) is 3.52. The Labute approximate surface area is 61.2 Å². The molecule has 1 heterocycles. The third kappa shape index (κ3) is 1.57. The van der Waals surface area contributed by atoms with E-state index in [0.717, 1.165) is 19.6 Å². The molecule has 0 bridgehead atoms. The molecule has 0 aromatic heterocycles. The van der Waals surface area contributed by atoms with Crippen molar-refractivity contribution in [3.05, 3.63) is 12.3 Å². The van der Waals surface area contributed by atoms with Gasteiger partial charge < -0.3 is 4.90 Å². The molecular formula is C7H13N3. The fourth-order valence-corrected chi connectivity index (χ4v) is 0.968. The molecule has 3 nitrogen and oxygen atoms in total. The third-order valence-corrected chi connectivity index (χ3v) is 1.50. The summed E-state index contributed by atoms with van der Waals surface area (Å²) in [7, 11) is 0. The Hall–Kier alpha value is -0.830. The average Bonchev–Trinajstić information content (AvgIpc) is 1.94. The second-order valence-electron chi connectivity index (χ2n) is 2.31. The van der Waals surface area contributed by atoms with Crippen LogP contribution in [0.1, 0.15) is 13.3 Å². The van der Waals surface area contributed by atoms with E-state index >= 15 is 0 Å². The SMILES string of the molecule is C/C=C\N1CNCCC1=N. The fourth-order valence-electron chi connectivity index (χ4n) is 0.968. The van der Waals surface area contributed by atoms with Crippen LogP contribution in [0.25, 0.3) is 0 Å². The zero-order chi connectivity index (χ0) is 7.40. The van der Waals surface area contributed by atoms with E-state index in [1.165, 1.54) is 0 Å². The molecule has 3 heteroatoms. The first-order chi connectivity index (χ1) is 4.84. The van der Waals surface area contributed by atoms with Gasteiger partial charge in [-0.3, -0.25) is 10.7 Å². The van der Waals surface area contributed by atoms with Crippen molar-refractivity contribution in [2.75, 3.05) is 13.2 Å². The highest BCUT2D eigenvalue weighted by atomic mass is 15.3. The van der Waals surface area contributed by atoms with Crippen LogP contribution in [-0.4, -0.2) is 23.9 Å². The molecule has 0 atom stereocenters. The minimum absolute atomic E-state index is 0.705. The Bertz CT molecular complexity index is 151. The van der Waals surface area contributed by atoms with Gasteiger partial charge in [0.1, 0.15) is 5.84 Å². The lowest BCUT2D eigenvalue weighted by Crippen LogP contribution is -2.41. The molecule has 1 fully saturated rings. The quantitative estimate of drug-likeness (QED) is 0.562. The van der Waals surface area contributed by atoms with Gasteiger partial charge in [-0.2, -0.15) is 0 Å². The van der Waals surface area contributed by atoms with Crippen LogP contribution in [0.3, 0.4) is 0 Å². The standard InChI is InChI=1S/C7H13N3/c1-2-5-10-6-9-4-3-7(10)8/h2,5,8-9H,3-4,6H2,1H3/b5-2-,8-7?. The molecule has 2 N–H and O–H groups in total. The largest absolute Gasteiger partial charge is 0.324 e. The van der Waals surface area contributed by atoms with E-state index in [1.54, 1.807) is 0 Å². The number of allylic oxidation sites excluding steroid dienone is 1. The maximum Gasteiger partial charge on any atom is 0.102 e. The summed E-state index contributed by atoms with van der Waals surface area (Å²) in [5.41, 5.74) is 0. The fraction of sp³-hybridized carbons (Fsp3) is 0.571.